The Bertz CT molecular complexity index is 649. The van der Waals surface area contributed by atoms with E-state index in [9.17, 15) is 9.90 Å². The zero-order valence-electron chi connectivity index (χ0n) is 13.3. The predicted octanol–water partition coefficient (Wildman–Crippen LogP) is -0.202. The molecule has 1 amide bonds. The monoisotopic (exact) mass is 331 g/mol. The molecule has 1 aliphatic heterocycles. The van der Waals surface area contributed by atoms with Gasteiger partial charge < -0.3 is 20.1 Å². The van der Waals surface area contributed by atoms with Crippen molar-refractivity contribution in [3.05, 3.63) is 48.3 Å². The van der Waals surface area contributed by atoms with Crippen LogP contribution < -0.4 is 5.32 Å². The lowest BCUT2D eigenvalue weighted by molar-refractivity contribution is -0.0346. The molecular formula is C16H21N5O3. The third-order valence-electron chi connectivity index (χ3n) is 3.86. The lowest BCUT2D eigenvalue weighted by Crippen LogP contribution is -2.52. The molecule has 0 radical (unpaired) electrons. The Kier molecular flexibility index (Phi) is 5.19. The number of amides is 1. The molecule has 24 heavy (non-hydrogen) atoms. The number of nitrogens with one attached hydrogen (secondary N) is 2. The number of hydrogen-bond donors (Lipinski definition) is 3. The van der Waals surface area contributed by atoms with Crippen LogP contribution in [0.5, 0.6) is 0 Å². The zero-order chi connectivity index (χ0) is 16.8. The van der Waals surface area contributed by atoms with Gasteiger partial charge in [-0.25, -0.2) is 4.98 Å². The number of pyridine rings is 1. The lowest BCUT2D eigenvalue weighted by Gasteiger charge is -2.30. The summed E-state index contributed by atoms with van der Waals surface area (Å²) in [5.41, 5.74) is 0.141. The largest absolute Gasteiger partial charge is 0.384 e. The van der Waals surface area contributed by atoms with E-state index < -0.39 is 5.60 Å². The van der Waals surface area contributed by atoms with Crippen molar-refractivity contribution in [2.75, 3.05) is 32.8 Å². The molecule has 0 unspecified atom stereocenters. The topological polar surface area (TPSA) is 103 Å². The fourth-order valence-electron chi connectivity index (χ4n) is 2.68. The smallest absolute Gasteiger partial charge is 0.269 e. The molecule has 1 fully saturated rings. The van der Waals surface area contributed by atoms with Crippen molar-refractivity contribution < 1.29 is 14.6 Å². The second kappa shape index (κ2) is 7.52. The van der Waals surface area contributed by atoms with Gasteiger partial charge in [-0.15, -0.1) is 0 Å². The molecule has 1 saturated heterocycles. The molecule has 0 aromatic carbocycles. The first-order valence-electron chi connectivity index (χ1n) is 7.84. The minimum atomic E-state index is -1.15. The van der Waals surface area contributed by atoms with Crippen molar-refractivity contribution in [2.24, 2.45) is 0 Å². The SMILES string of the molecule is O=C(NC[C@@]1(O)COCCN(Cc2cnc[nH]2)C1)c1ccccn1. The molecule has 3 rings (SSSR count). The predicted molar refractivity (Wildman–Crippen MR) is 86.2 cm³/mol. The van der Waals surface area contributed by atoms with Gasteiger partial charge in [0.1, 0.15) is 11.3 Å². The molecule has 0 aliphatic carbocycles. The number of nitrogens with zero attached hydrogens (tertiary/aromatic N) is 3. The number of β-amino-alcohol motifs (C(OH)–C–C–N with tert-alkyl or cyclic N) is 1. The highest BCUT2D eigenvalue weighted by Gasteiger charge is 2.33. The molecule has 2 aromatic rings. The number of hydrogen-bond acceptors (Lipinski definition) is 6. The van der Waals surface area contributed by atoms with Crippen molar-refractivity contribution in [2.45, 2.75) is 12.1 Å². The normalized spacial score (nSPS) is 22.0. The first kappa shape index (κ1) is 16.6. The van der Waals surface area contributed by atoms with Gasteiger partial charge in [0.05, 0.1) is 26.1 Å². The van der Waals surface area contributed by atoms with Crippen molar-refractivity contribution in [3.63, 3.8) is 0 Å². The number of H-pyrrole nitrogens is 1. The highest BCUT2D eigenvalue weighted by molar-refractivity contribution is 5.92. The molecular weight excluding hydrogens is 310 g/mol. The third kappa shape index (κ3) is 4.38. The molecule has 0 saturated carbocycles. The first-order chi connectivity index (χ1) is 11.6. The van der Waals surface area contributed by atoms with Crippen molar-refractivity contribution in [3.8, 4) is 0 Å². The van der Waals surface area contributed by atoms with Gasteiger partial charge >= 0.3 is 0 Å². The van der Waals surface area contributed by atoms with E-state index in [0.717, 1.165) is 5.69 Å². The van der Waals surface area contributed by atoms with E-state index in [0.29, 0.717) is 31.9 Å². The molecule has 1 aliphatic rings. The van der Waals surface area contributed by atoms with Crippen LogP contribution in [-0.2, 0) is 11.3 Å². The number of imidazole rings is 1. The van der Waals surface area contributed by atoms with E-state index >= 15 is 0 Å². The lowest BCUT2D eigenvalue weighted by atomic mass is 10.0. The third-order valence-corrected chi connectivity index (χ3v) is 3.86. The van der Waals surface area contributed by atoms with Crippen molar-refractivity contribution in [1.29, 1.82) is 0 Å². The molecule has 8 heteroatoms. The minimum absolute atomic E-state index is 0.0991. The average Bonchev–Trinajstić information content (AvgIpc) is 3.03. The van der Waals surface area contributed by atoms with Gasteiger partial charge in [0.15, 0.2) is 0 Å². The summed E-state index contributed by atoms with van der Waals surface area (Å²) in [6, 6.07) is 5.13. The van der Waals surface area contributed by atoms with Crippen LogP contribution in [0, 0.1) is 0 Å². The van der Waals surface area contributed by atoms with E-state index in [-0.39, 0.29) is 19.1 Å². The highest BCUT2D eigenvalue weighted by Crippen LogP contribution is 2.14. The van der Waals surface area contributed by atoms with Crippen molar-refractivity contribution in [1.82, 2.24) is 25.2 Å². The second-order valence-electron chi connectivity index (χ2n) is 5.96. The number of carbonyl (C=O) groups is 1. The first-order valence-corrected chi connectivity index (χ1v) is 7.84. The fraction of sp³-hybridized carbons (Fsp3) is 0.438. The molecule has 0 spiro atoms. The van der Waals surface area contributed by atoms with Crippen LogP contribution in [0.1, 0.15) is 16.2 Å². The quantitative estimate of drug-likeness (QED) is 0.701. The maximum Gasteiger partial charge on any atom is 0.269 e. The van der Waals surface area contributed by atoms with Gasteiger partial charge in [0.25, 0.3) is 5.91 Å². The summed E-state index contributed by atoms with van der Waals surface area (Å²) in [5.74, 6) is -0.312. The summed E-state index contributed by atoms with van der Waals surface area (Å²) >= 11 is 0. The molecule has 1 atom stereocenters. The molecule has 3 N–H and O–H groups in total. The number of ether oxygens (including phenoxy) is 1. The zero-order valence-corrected chi connectivity index (χ0v) is 13.3. The van der Waals surface area contributed by atoms with Crippen LogP contribution >= 0.6 is 0 Å². The van der Waals surface area contributed by atoms with Crippen LogP contribution in [0.2, 0.25) is 0 Å². The maximum atomic E-state index is 12.1. The Morgan fingerprint density at radius 2 is 2.42 bits per heavy atom. The second-order valence-corrected chi connectivity index (χ2v) is 5.96. The number of aliphatic hydroxyl groups is 1. The van der Waals surface area contributed by atoms with Gasteiger partial charge in [0, 0.05) is 37.7 Å². The van der Waals surface area contributed by atoms with Gasteiger partial charge in [-0.1, -0.05) is 6.07 Å². The summed E-state index contributed by atoms with van der Waals surface area (Å²) in [5, 5.41) is 13.6. The fourth-order valence-corrected chi connectivity index (χ4v) is 2.68. The van der Waals surface area contributed by atoms with E-state index in [2.05, 4.69) is 25.2 Å². The Labute approximate surface area is 139 Å². The van der Waals surface area contributed by atoms with Crippen LogP contribution in [-0.4, -0.2) is 69.3 Å². The summed E-state index contributed by atoms with van der Waals surface area (Å²) < 4.78 is 5.51. The Morgan fingerprint density at radius 1 is 1.50 bits per heavy atom. The number of rotatable bonds is 5. The molecule has 128 valence electrons. The Balaban J connectivity index is 1.59. The van der Waals surface area contributed by atoms with Gasteiger partial charge in [-0.05, 0) is 12.1 Å². The van der Waals surface area contributed by atoms with Gasteiger partial charge in [-0.3, -0.25) is 14.7 Å². The molecule has 2 aromatic heterocycles. The van der Waals surface area contributed by atoms with Crippen LogP contribution in [0.15, 0.2) is 36.9 Å². The Hall–Kier alpha value is -2.29. The summed E-state index contributed by atoms with van der Waals surface area (Å²) in [4.78, 5) is 25.2. The standard InChI is InChI=1S/C16H21N5O3/c22-15(14-3-1-2-4-18-14)19-9-16(23)10-21(5-6-24-11-16)8-13-7-17-12-20-13/h1-4,7,12,23H,5-6,8-11H2,(H,17,20)(H,19,22)/t16-/m0/s1. The Morgan fingerprint density at radius 3 is 3.17 bits per heavy atom. The summed E-state index contributed by atoms with van der Waals surface area (Å²) in [6.45, 7) is 2.55. The van der Waals surface area contributed by atoms with Crippen LogP contribution in [0.25, 0.3) is 0 Å². The van der Waals surface area contributed by atoms with Crippen molar-refractivity contribution >= 4 is 5.91 Å². The molecule has 0 bridgehead atoms. The van der Waals surface area contributed by atoms with Crippen LogP contribution in [0.4, 0.5) is 0 Å². The number of aromatic nitrogens is 3. The molecule has 8 nitrogen and oxygen atoms in total. The highest BCUT2D eigenvalue weighted by atomic mass is 16.5. The van der Waals surface area contributed by atoms with E-state index in [1.807, 2.05) is 0 Å². The summed E-state index contributed by atoms with van der Waals surface area (Å²) in [7, 11) is 0. The van der Waals surface area contributed by atoms with Crippen LogP contribution in [0.3, 0.4) is 0 Å². The molecule has 3 heterocycles. The van der Waals surface area contributed by atoms with E-state index in [4.69, 9.17) is 4.74 Å². The summed E-state index contributed by atoms with van der Waals surface area (Å²) in [6.07, 6.45) is 4.95. The van der Waals surface area contributed by atoms with Gasteiger partial charge in [0.2, 0.25) is 0 Å². The number of aromatic amines is 1. The maximum absolute atomic E-state index is 12.1. The average molecular weight is 331 g/mol. The van der Waals surface area contributed by atoms with Gasteiger partial charge in [-0.2, -0.15) is 0 Å². The van der Waals surface area contributed by atoms with E-state index in [1.54, 1.807) is 36.9 Å². The van der Waals surface area contributed by atoms with E-state index in [1.165, 1.54) is 0 Å². The minimum Gasteiger partial charge on any atom is -0.384 e. The number of carbonyl (C=O) groups excluding carboxylic acids is 1.